The Hall–Kier alpha value is -1.14. The molecule has 0 saturated heterocycles. The van der Waals surface area contributed by atoms with Crippen LogP contribution in [-0.4, -0.2) is 29.8 Å². The lowest BCUT2D eigenvalue weighted by molar-refractivity contribution is 0.0515. The van der Waals surface area contributed by atoms with Gasteiger partial charge in [0.25, 0.3) is 0 Å². The van der Waals surface area contributed by atoms with Gasteiger partial charge in [0.15, 0.2) is 0 Å². The monoisotopic (exact) mass is 327 g/mol. The molecular weight excluding hydrogens is 298 g/mol. The summed E-state index contributed by atoms with van der Waals surface area (Å²) in [6.07, 6.45) is -0.353. The molecule has 0 saturated carbocycles. The third kappa shape index (κ3) is 7.75. The zero-order chi connectivity index (χ0) is 16.8. The van der Waals surface area contributed by atoms with Crippen LogP contribution < -0.4 is 10.6 Å². The first-order valence-corrected chi connectivity index (χ1v) is 8.64. The first kappa shape index (κ1) is 18.9. The first-order chi connectivity index (χ1) is 10.2. The van der Waals surface area contributed by atoms with E-state index in [2.05, 4.69) is 34.8 Å². The molecule has 1 unspecified atom stereocenters. The van der Waals surface area contributed by atoms with Gasteiger partial charge in [-0.1, -0.05) is 13.8 Å². The fraction of sp³-hybridized carbons (Fsp3) is 0.750. The van der Waals surface area contributed by atoms with Crippen molar-refractivity contribution in [3.05, 3.63) is 16.1 Å². The number of ether oxygens (including phenoxy) is 1. The number of rotatable bonds is 7. The van der Waals surface area contributed by atoms with E-state index >= 15 is 0 Å². The van der Waals surface area contributed by atoms with Crippen molar-refractivity contribution >= 4 is 17.4 Å². The molecule has 0 spiro atoms. The van der Waals surface area contributed by atoms with Crippen LogP contribution in [0.25, 0.3) is 0 Å². The smallest absolute Gasteiger partial charge is 0.407 e. The maximum atomic E-state index is 11.7. The number of alkyl carbamates (subject to hydrolysis) is 1. The Balaban J connectivity index is 2.34. The van der Waals surface area contributed by atoms with Gasteiger partial charge in [-0.05, 0) is 39.5 Å². The topological polar surface area (TPSA) is 63.2 Å². The van der Waals surface area contributed by atoms with Gasteiger partial charge >= 0.3 is 6.09 Å². The summed E-state index contributed by atoms with van der Waals surface area (Å²) < 4.78 is 5.27. The molecule has 0 bridgehead atoms. The predicted octanol–water partition coefficient (Wildman–Crippen LogP) is 3.34. The second kappa shape index (κ2) is 8.48. The van der Waals surface area contributed by atoms with Gasteiger partial charge in [0.2, 0.25) is 0 Å². The minimum absolute atomic E-state index is 0.353. The van der Waals surface area contributed by atoms with Crippen LogP contribution >= 0.6 is 11.3 Å². The van der Waals surface area contributed by atoms with Crippen LogP contribution in [0, 0.1) is 18.8 Å². The first-order valence-electron chi connectivity index (χ1n) is 7.76. The molecule has 6 heteroatoms. The summed E-state index contributed by atoms with van der Waals surface area (Å²) in [6.45, 7) is 14.1. The van der Waals surface area contributed by atoms with Gasteiger partial charge < -0.3 is 15.4 Å². The zero-order valence-corrected chi connectivity index (χ0v) is 15.3. The normalized spacial score (nSPS) is 13.2. The SMILES string of the molecule is Cc1csc(CNCC(CNC(=O)OC(C)(C)C)C(C)C)n1. The molecule has 0 fully saturated rings. The fourth-order valence-electron chi connectivity index (χ4n) is 1.92. The quantitative estimate of drug-likeness (QED) is 0.806. The Morgan fingerprint density at radius 3 is 2.55 bits per heavy atom. The van der Waals surface area contributed by atoms with Crippen LogP contribution in [0.15, 0.2) is 5.38 Å². The van der Waals surface area contributed by atoms with Crippen molar-refractivity contribution in [2.24, 2.45) is 11.8 Å². The Bertz CT molecular complexity index is 466. The lowest BCUT2D eigenvalue weighted by Crippen LogP contribution is -2.39. The number of hydrogen-bond donors (Lipinski definition) is 2. The van der Waals surface area contributed by atoms with Crippen molar-refractivity contribution in [1.82, 2.24) is 15.6 Å². The van der Waals surface area contributed by atoms with Crippen LogP contribution in [0.5, 0.6) is 0 Å². The van der Waals surface area contributed by atoms with Crippen LogP contribution in [0.2, 0.25) is 0 Å². The maximum Gasteiger partial charge on any atom is 0.407 e. The molecule has 5 nitrogen and oxygen atoms in total. The van der Waals surface area contributed by atoms with E-state index in [0.717, 1.165) is 23.8 Å². The molecule has 2 N–H and O–H groups in total. The van der Waals surface area contributed by atoms with Gasteiger partial charge in [0.1, 0.15) is 10.6 Å². The van der Waals surface area contributed by atoms with Gasteiger partial charge in [-0.3, -0.25) is 0 Å². The molecule has 0 aliphatic rings. The molecule has 0 aliphatic heterocycles. The molecule has 0 radical (unpaired) electrons. The van der Waals surface area contributed by atoms with Crippen molar-refractivity contribution in [3.63, 3.8) is 0 Å². The standard InChI is InChI=1S/C16H29N3O2S/c1-11(2)13(8-18-15(20)21-16(4,5)6)7-17-9-14-19-12(3)10-22-14/h10-11,13,17H,7-9H2,1-6H3,(H,18,20). The number of aryl methyl sites for hydroxylation is 1. The summed E-state index contributed by atoms with van der Waals surface area (Å²) in [5.74, 6) is 0.828. The van der Waals surface area contributed by atoms with Gasteiger partial charge in [-0.25, -0.2) is 9.78 Å². The average Bonchev–Trinajstić information content (AvgIpc) is 2.76. The highest BCUT2D eigenvalue weighted by Crippen LogP contribution is 2.12. The molecule has 1 heterocycles. The number of carbonyl (C=O) groups is 1. The molecule has 126 valence electrons. The van der Waals surface area contributed by atoms with Crippen LogP contribution in [0.1, 0.15) is 45.3 Å². The molecule has 0 aliphatic carbocycles. The molecule has 1 atom stereocenters. The number of amides is 1. The van der Waals surface area contributed by atoms with E-state index in [1.54, 1.807) is 11.3 Å². The highest BCUT2D eigenvalue weighted by Gasteiger charge is 2.19. The van der Waals surface area contributed by atoms with Crippen molar-refractivity contribution < 1.29 is 9.53 Å². The summed E-state index contributed by atoms with van der Waals surface area (Å²) in [6, 6.07) is 0. The Morgan fingerprint density at radius 2 is 2.05 bits per heavy atom. The van der Waals surface area contributed by atoms with E-state index in [1.807, 2.05) is 27.7 Å². The minimum Gasteiger partial charge on any atom is -0.444 e. The van der Waals surface area contributed by atoms with Crippen molar-refractivity contribution in [2.45, 2.75) is 53.7 Å². The third-order valence-corrected chi connectivity index (χ3v) is 4.17. The summed E-state index contributed by atoms with van der Waals surface area (Å²) in [5.41, 5.74) is 0.604. The van der Waals surface area contributed by atoms with Crippen LogP contribution in [0.4, 0.5) is 4.79 Å². The van der Waals surface area contributed by atoms with E-state index in [0.29, 0.717) is 18.4 Å². The van der Waals surface area contributed by atoms with Gasteiger partial charge in [-0.15, -0.1) is 11.3 Å². The van der Waals surface area contributed by atoms with Gasteiger partial charge in [-0.2, -0.15) is 0 Å². The second-order valence-corrected chi connectivity index (χ2v) is 7.84. The Morgan fingerprint density at radius 1 is 1.36 bits per heavy atom. The number of carbonyl (C=O) groups excluding carboxylic acids is 1. The lowest BCUT2D eigenvalue weighted by atomic mass is 9.96. The molecule has 1 aromatic heterocycles. The fourth-order valence-corrected chi connectivity index (χ4v) is 2.66. The van der Waals surface area contributed by atoms with Crippen molar-refractivity contribution in [2.75, 3.05) is 13.1 Å². The molecule has 1 amide bonds. The van der Waals surface area contributed by atoms with Crippen LogP contribution in [-0.2, 0) is 11.3 Å². The van der Waals surface area contributed by atoms with E-state index in [9.17, 15) is 4.79 Å². The summed E-state index contributed by atoms with van der Waals surface area (Å²) in [4.78, 5) is 16.2. The number of nitrogens with zero attached hydrogens (tertiary/aromatic N) is 1. The van der Waals surface area contributed by atoms with E-state index in [-0.39, 0.29) is 6.09 Å². The van der Waals surface area contributed by atoms with Crippen LogP contribution in [0.3, 0.4) is 0 Å². The number of hydrogen-bond acceptors (Lipinski definition) is 5. The average molecular weight is 327 g/mol. The predicted molar refractivity (Wildman–Crippen MR) is 91.1 cm³/mol. The van der Waals surface area contributed by atoms with Crippen molar-refractivity contribution in [1.29, 1.82) is 0 Å². The molecule has 1 rings (SSSR count). The number of thiazole rings is 1. The van der Waals surface area contributed by atoms with Gasteiger partial charge in [0, 0.05) is 30.7 Å². The zero-order valence-electron chi connectivity index (χ0n) is 14.5. The lowest BCUT2D eigenvalue weighted by Gasteiger charge is -2.24. The number of nitrogens with one attached hydrogen (secondary N) is 2. The van der Waals surface area contributed by atoms with Gasteiger partial charge in [0.05, 0.1) is 0 Å². The Labute approximate surface area is 137 Å². The number of aromatic nitrogens is 1. The molecule has 0 aromatic carbocycles. The van der Waals surface area contributed by atoms with E-state index in [1.165, 1.54) is 0 Å². The Kier molecular flexibility index (Phi) is 7.29. The highest BCUT2D eigenvalue weighted by molar-refractivity contribution is 7.09. The minimum atomic E-state index is -0.460. The molecule has 1 aromatic rings. The van der Waals surface area contributed by atoms with E-state index in [4.69, 9.17) is 4.74 Å². The summed E-state index contributed by atoms with van der Waals surface area (Å²) in [5, 5.41) is 9.44. The second-order valence-electron chi connectivity index (χ2n) is 6.90. The molecular formula is C16H29N3O2S. The highest BCUT2D eigenvalue weighted by atomic mass is 32.1. The van der Waals surface area contributed by atoms with E-state index < -0.39 is 5.60 Å². The molecule has 22 heavy (non-hydrogen) atoms. The van der Waals surface area contributed by atoms with Crippen molar-refractivity contribution in [3.8, 4) is 0 Å². The third-order valence-electron chi connectivity index (χ3n) is 3.20. The summed E-state index contributed by atoms with van der Waals surface area (Å²) in [7, 11) is 0. The largest absolute Gasteiger partial charge is 0.444 e. The summed E-state index contributed by atoms with van der Waals surface area (Å²) >= 11 is 1.67. The maximum absolute atomic E-state index is 11.7.